The lowest BCUT2D eigenvalue weighted by atomic mass is 10.1. The van der Waals surface area contributed by atoms with E-state index in [1.807, 2.05) is 56.3 Å². The number of aromatic nitrogens is 1. The molecule has 1 atom stereocenters. The van der Waals surface area contributed by atoms with E-state index in [0.29, 0.717) is 22.5 Å². The number of nitrogens with zero attached hydrogens (tertiary/aromatic N) is 1. The van der Waals surface area contributed by atoms with E-state index in [1.54, 1.807) is 12.1 Å². The van der Waals surface area contributed by atoms with E-state index in [-0.39, 0.29) is 6.42 Å². The number of carboxylic acids is 1. The number of aryl methyl sites for hydroxylation is 1. The van der Waals surface area contributed by atoms with Gasteiger partial charge in [-0.2, -0.15) is 4.37 Å². The first-order valence-electron chi connectivity index (χ1n) is 11.3. The van der Waals surface area contributed by atoms with Crippen molar-refractivity contribution in [2.24, 2.45) is 0 Å². The summed E-state index contributed by atoms with van der Waals surface area (Å²) in [5.74, 6) is -1.44. The van der Waals surface area contributed by atoms with Crippen LogP contribution in [-0.2, 0) is 16.0 Å². The standard InChI is InChI=1S/C27H21FN2O4S3/c1-14-25(29-27(33)34-15(2)17-6-4-3-5-7-17)26(37-30-14)23-13-22-21(36-23)12-20(35-22)18-9-8-16(10-19(18)28)11-24(31)32/h3-10,12-13,15H,11H2,1-2H3,(H,29,33)(H,31,32). The number of thiophene rings is 2. The van der Waals surface area contributed by atoms with Gasteiger partial charge in [0.1, 0.15) is 11.9 Å². The second kappa shape index (κ2) is 10.4. The lowest BCUT2D eigenvalue weighted by Crippen LogP contribution is -2.16. The van der Waals surface area contributed by atoms with Crippen LogP contribution in [0.5, 0.6) is 0 Å². The maximum Gasteiger partial charge on any atom is 0.412 e. The summed E-state index contributed by atoms with van der Waals surface area (Å²) in [6.45, 7) is 3.66. The maximum atomic E-state index is 14.7. The number of carbonyl (C=O) groups excluding carboxylic acids is 1. The van der Waals surface area contributed by atoms with Crippen molar-refractivity contribution < 1.29 is 23.8 Å². The Hall–Kier alpha value is -3.60. The van der Waals surface area contributed by atoms with Crippen molar-refractivity contribution in [3.63, 3.8) is 0 Å². The molecule has 0 fully saturated rings. The summed E-state index contributed by atoms with van der Waals surface area (Å²) in [7, 11) is 0. The minimum atomic E-state index is -0.998. The highest BCUT2D eigenvalue weighted by Crippen LogP contribution is 2.45. The molecule has 0 spiro atoms. The van der Waals surface area contributed by atoms with Gasteiger partial charge in [0.2, 0.25) is 0 Å². The van der Waals surface area contributed by atoms with Gasteiger partial charge >= 0.3 is 12.1 Å². The van der Waals surface area contributed by atoms with Crippen LogP contribution in [0, 0.1) is 12.7 Å². The van der Waals surface area contributed by atoms with Crippen molar-refractivity contribution >= 4 is 61.4 Å². The summed E-state index contributed by atoms with van der Waals surface area (Å²) in [5, 5.41) is 11.8. The van der Waals surface area contributed by atoms with Gasteiger partial charge in [-0.15, -0.1) is 22.7 Å². The monoisotopic (exact) mass is 552 g/mol. The zero-order valence-electron chi connectivity index (χ0n) is 19.8. The Morgan fingerprint density at radius 2 is 1.76 bits per heavy atom. The number of carbonyl (C=O) groups is 2. The van der Waals surface area contributed by atoms with Crippen LogP contribution in [0.3, 0.4) is 0 Å². The van der Waals surface area contributed by atoms with Gasteiger partial charge in [-0.3, -0.25) is 10.1 Å². The first-order valence-corrected chi connectivity index (χ1v) is 13.7. The molecule has 3 heterocycles. The Balaban J connectivity index is 1.36. The van der Waals surface area contributed by atoms with Crippen LogP contribution in [0.15, 0.2) is 60.7 Å². The van der Waals surface area contributed by atoms with E-state index in [2.05, 4.69) is 9.69 Å². The van der Waals surface area contributed by atoms with Crippen LogP contribution in [0.4, 0.5) is 14.9 Å². The number of amides is 1. The number of carboxylic acid groups (broad SMARTS) is 1. The number of anilines is 1. The molecule has 6 nitrogen and oxygen atoms in total. The van der Waals surface area contributed by atoms with Gasteiger partial charge in [-0.05, 0) is 54.7 Å². The summed E-state index contributed by atoms with van der Waals surface area (Å²) in [6.07, 6.45) is -1.17. The van der Waals surface area contributed by atoms with Gasteiger partial charge in [0, 0.05) is 19.8 Å². The van der Waals surface area contributed by atoms with Gasteiger partial charge in [-0.1, -0.05) is 42.5 Å². The molecule has 1 unspecified atom stereocenters. The summed E-state index contributed by atoms with van der Waals surface area (Å²) in [6, 6.07) is 18.0. The van der Waals surface area contributed by atoms with E-state index >= 15 is 0 Å². The number of rotatable bonds is 7. The summed E-state index contributed by atoms with van der Waals surface area (Å²) in [4.78, 5) is 26.1. The molecule has 5 aromatic rings. The molecule has 0 aliphatic carbocycles. The van der Waals surface area contributed by atoms with Crippen LogP contribution < -0.4 is 5.32 Å². The molecule has 0 radical (unpaired) electrons. The predicted octanol–water partition coefficient (Wildman–Crippen LogP) is 8.14. The number of fused-ring (bicyclic) bond motifs is 1. The third kappa shape index (κ3) is 5.41. The zero-order chi connectivity index (χ0) is 26.1. The SMILES string of the molecule is Cc1nsc(-c2cc3sc(-c4ccc(CC(=O)O)cc4F)cc3s2)c1NC(=O)OC(C)c1ccccc1. The summed E-state index contributed by atoms with van der Waals surface area (Å²) in [5.41, 5.74) is 3.08. The molecule has 1 amide bonds. The van der Waals surface area contributed by atoms with Gasteiger partial charge in [0.25, 0.3) is 0 Å². The van der Waals surface area contributed by atoms with Crippen molar-refractivity contribution in [3.8, 4) is 20.2 Å². The minimum Gasteiger partial charge on any atom is -0.481 e. The van der Waals surface area contributed by atoms with E-state index < -0.39 is 24.0 Å². The summed E-state index contributed by atoms with van der Waals surface area (Å²) >= 11 is 4.30. The Bertz CT molecular complexity index is 1580. The topological polar surface area (TPSA) is 88.5 Å². The Kier molecular flexibility index (Phi) is 7.05. The Labute approximate surface area is 224 Å². The molecule has 37 heavy (non-hydrogen) atoms. The molecule has 0 saturated carbocycles. The van der Waals surface area contributed by atoms with E-state index in [4.69, 9.17) is 9.84 Å². The summed E-state index contributed by atoms with van der Waals surface area (Å²) < 4.78 is 26.7. The molecule has 2 N–H and O–H groups in total. The molecule has 0 aliphatic heterocycles. The van der Waals surface area contributed by atoms with E-state index in [9.17, 15) is 14.0 Å². The Morgan fingerprint density at radius 1 is 1.05 bits per heavy atom. The van der Waals surface area contributed by atoms with Gasteiger partial charge in [0.15, 0.2) is 0 Å². The van der Waals surface area contributed by atoms with Crippen molar-refractivity contribution in [3.05, 3.63) is 83.3 Å². The van der Waals surface area contributed by atoms with E-state index in [1.165, 1.54) is 40.3 Å². The highest BCUT2D eigenvalue weighted by Gasteiger charge is 2.21. The molecule has 5 rings (SSSR count). The fourth-order valence-corrected chi connectivity index (χ4v) is 7.26. The zero-order valence-corrected chi connectivity index (χ0v) is 22.2. The quantitative estimate of drug-likeness (QED) is 0.213. The fraction of sp³-hybridized carbons (Fsp3) is 0.148. The Morgan fingerprint density at radius 3 is 2.46 bits per heavy atom. The van der Waals surface area contributed by atoms with Crippen LogP contribution >= 0.6 is 34.2 Å². The second-order valence-corrected chi connectivity index (χ2v) is 11.3. The number of nitrogens with one attached hydrogen (secondary N) is 1. The second-order valence-electron chi connectivity index (χ2n) is 8.39. The number of hydrogen-bond acceptors (Lipinski definition) is 7. The third-order valence-electron chi connectivity index (χ3n) is 5.73. The van der Waals surface area contributed by atoms with Gasteiger partial charge in [-0.25, -0.2) is 9.18 Å². The lowest BCUT2D eigenvalue weighted by molar-refractivity contribution is -0.136. The van der Waals surface area contributed by atoms with Crippen molar-refractivity contribution in [2.45, 2.75) is 26.4 Å². The number of halogens is 1. The van der Waals surface area contributed by atoms with Gasteiger partial charge in [0.05, 0.1) is 27.6 Å². The van der Waals surface area contributed by atoms with E-state index in [0.717, 1.165) is 29.6 Å². The normalized spacial score (nSPS) is 12.0. The highest BCUT2D eigenvalue weighted by molar-refractivity contribution is 7.32. The maximum absolute atomic E-state index is 14.7. The molecule has 3 aromatic heterocycles. The highest BCUT2D eigenvalue weighted by atomic mass is 32.1. The lowest BCUT2D eigenvalue weighted by Gasteiger charge is -2.14. The largest absolute Gasteiger partial charge is 0.481 e. The fourth-order valence-electron chi connectivity index (χ4n) is 3.89. The van der Waals surface area contributed by atoms with Crippen LogP contribution in [0.1, 0.15) is 29.8 Å². The van der Waals surface area contributed by atoms with Crippen LogP contribution in [-0.4, -0.2) is 21.5 Å². The molecule has 2 aromatic carbocycles. The molecule has 10 heteroatoms. The van der Waals surface area contributed by atoms with Crippen LogP contribution in [0.2, 0.25) is 0 Å². The third-order valence-corrected chi connectivity index (χ3v) is 9.17. The number of aliphatic carboxylic acids is 1. The average molecular weight is 553 g/mol. The smallest absolute Gasteiger partial charge is 0.412 e. The molecule has 0 saturated heterocycles. The molecular weight excluding hydrogens is 532 g/mol. The number of hydrogen-bond donors (Lipinski definition) is 2. The predicted molar refractivity (Wildman–Crippen MR) is 147 cm³/mol. The molecule has 188 valence electrons. The van der Waals surface area contributed by atoms with Crippen molar-refractivity contribution in [1.29, 1.82) is 0 Å². The van der Waals surface area contributed by atoms with Gasteiger partial charge < -0.3 is 9.84 Å². The minimum absolute atomic E-state index is 0.219. The molecular formula is C27H21FN2O4S3. The average Bonchev–Trinajstić information content (AvgIpc) is 3.53. The number of benzene rings is 2. The molecule has 0 bridgehead atoms. The first kappa shape index (κ1) is 25.1. The van der Waals surface area contributed by atoms with Crippen molar-refractivity contribution in [2.75, 3.05) is 5.32 Å². The van der Waals surface area contributed by atoms with Crippen molar-refractivity contribution in [1.82, 2.24) is 4.37 Å². The molecule has 0 aliphatic rings. The number of ether oxygens (including phenoxy) is 1. The van der Waals surface area contributed by atoms with Crippen LogP contribution in [0.25, 0.3) is 29.6 Å². The first-order chi connectivity index (χ1) is 17.8.